The summed E-state index contributed by atoms with van der Waals surface area (Å²) in [5, 5.41) is 11.7. The van der Waals surface area contributed by atoms with E-state index in [4.69, 9.17) is 9.47 Å². The number of aromatic nitrogens is 6. The molecule has 0 atom stereocenters. The van der Waals surface area contributed by atoms with Crippen LogP contribution in [0.15, 0.2) is 107 Å². The number of nitrogens with one attached hydrogen (secondary N) is 4. The zero-order valence-electron chi connectivity index (χ0n) is 30.2. The third-order valence-electron chi connectivity index (χ3n) is 7.18. The second-order valence-electron chi connectivity index (χ2n) is 10.9. The van der Waals surface area contributed by atoms with Crippen molar-refractivity contribution in [2.24, 2.45) is 0 Å². The Balaban J connectivity index is 0.00000348. The molecule has 18 nitrogen and oxygen atoms in total. The van der Waals surface area contributed by atoms with E-state index in [1.54, 1.807) is 24.3 Å². The molecule has 0 spiro atoms. The molecule has 0 saturated carbocycles. The average Bonchev–Trinajstić information content (AvgIpc) is 3.14. The zero-order valence-corrected chi connectivity index (χ0v) is 35.8. The second-order valence-corrected chi connectivity index (χ2v) is 13.6. The molecule has 0 fully saturated rings. The SMILES string of the molecule is COc1nc(Nc2ccccc2)nc(Nc2ccc(C=Cc3ccc(Nc4nc(Nc5ccccc5)nc(OC)n4)cc3S(=O)(=O)[O-])c(S(=O)(=O)[O-])c2)n1.[Na+].[Na+]. The molecule has 0 unspecified atom stereocenters. The predicted octanol–water partition coefficient (Wildman–Crippen LogP) is -0.965. The summed E-state index contributed by atoms with van der Waals surface area (Å²) < 4.78 is 84.6. The van der Waals surface area contributed by atoms with Crippen LogP contribution in [0.5, 0.6) is 12.0 Å². The van der Waals surface area contributed by atoms with Gasteiger partial charge in [0.05, 0.1) is 24.0 Å². The van der Waals surface area contributed by atoms with Crippen LogP contribution in [0.2, 0.25) is 0 Å². The molecule has 22 heteroatoms. The largest absolute Gasteiger partial charge is 1.00 e. The van der Waals surface area contributed by atoms with Gasteiger partial charge in [-0.1, -0.05) is 60.7 Å². The van der Waals surface area contributed by atoms with Crippen molar-refractivity contribution >= 4 is 78.9 Å². The van der Waals surface area contributed by atoms with Crippen LogP contribution in [0.3, 0.4) is 0 Å². The molecular formula is C34H28N10Na2O8S2. The van der Waals surface area contributed by atoms with Crippen molar-refractivity contribution in [2.45, 2.75) is 9.79 Å². The number of benzene rings is 4. The van der Waals surface area contributed by atoms with Crippen LogP contribution < -0.4 is 89.9 Å². The number of hydrogen-bond donors (Lipinski definition) is 4. The van der Waals surface area contributed by atoms with Gasteiger partial charge in [-0.3, -0.25) is 0 Å². The van der Waals surface area contributed by atoms with E-state index in [1.165, 1.54) is 50.6 Å². The van der Waals surface area contributed by atoms with Gasteiger partial charge in [0, 0.05) is 22.7 Å². The number of nitrogens with zero attached hydrogens (tertiary/aromatic N) is 6. The van der Waals surface area contributed by atoms with Gasteiger partial charge in [0.25, 0.3) is 0 Å². The minimum absolute atomic E-state index is 0. The molecule has 0 amide bonds. The molecule has 4 aromatic carbocycles. The molecule has 0 aliphatic heterocycles. The van der Waals surface area contributed by atoms with Crippen molar-refractivity contribution in [1.82, 2.24) is 29.9 Å². The maximum absolute atomic E-state index is 12.4. The summed E-state index contributed by atoms with van der Waals surface area (Å²) in [6, 6.07) is 25.6. The summed E-state index contributed by atoms with van der Waals surface area (Å²) in [7, 11) is -7.45. The average molecular weight is 815 g/mol. The van der Waals surface area contributed by atoms with Gasteiger partial charge in [-0.2, -0.15) is 29.9 Å². The van der Waals surface area contributed by atoms with E-state index >= 15 is 0 Å². The summed E-state index contributed by atoms with van der Waals surface area (Å²) in [5.41, 5.74) is 1.41. The Labute approximate surface area is 365 Å². The van der Waals surface area contributed by atoms with Crippen LogP contribution >= 0.6 is 0 Å². The standard InChI is InChI=1S/C34H30N10O8S2.2Na/c1-51-33-41-29(35-23-9-5-3-6-10-23)39-31(43-33)37-25-17-15-21(27(19-25)53(45,46)47)13-14-22-16-18-26(20-28(22)54(48,49)50)38-32-40-30(42-34(44-32)52-2)36-24-11-7-4-8-12-24;;/h3-20H,1-2H3,(H,45,46,47)(H,48,49,50)(H2,35,37,39,41,43)(H2,36,38,40,42,44);;/q;2*+1/p-2. The summed E-state index contributed by atoms with van der Waals surface area (Å²) >= 11 is 0. The molecule has 4 N–H and O–H groups in total. The first kappa shape index (κ1) is 44.0. The number of ether oxygens (including phenoxy) is 2. The van der Waals surface area contributed by atoms with E-state index < -0.39 is 30.0 Å². The smallest absolute Gasteiger partial charge is 0.744 e. The van der Waals surface area contributed by atoms with Crippen LogP contribution in [0.25, 0.3) is 12.2 Å². The van der Waals surface area contributed by atoms with Crippen LogP contribution in [-0.4, -0.2) is 70.1 Å². The topological polar surface area (TPSA) is 258 Å². The normalized spacial score (nSPS) is 11.1. The Bertz CT molecular complexity index is 2380. The number of para-hydroxylation sites is 2. The molecule has 6 aromatic rings. The Kier molecular flexibility index (Phi) is 15.2. The fourth-order valence-corrected chi connectivity index (χ4v) is 6.18. The Morgan fingerprint density at radius 1 is 0.482 bits per heavy atom. The molecule has 0 aliphatic rings. The van der Waals surface area contributed by atoms with E-state index in [-0.39, 0.29) is 117 Å². The molecule has 56 heavy (non-hydrogen) atoms. The molecule has 0 bridgehead atoms. The first-order valence-electron chi connectivity index (χ1n) is 15.5. The molecule has 276 valence electrons. The van der Waals surface area contributed by atoms with E-state index in [0.29, 0.717) is 11.4 Å². The maximum Gasteiger partial charge on any atom is 1.00 e. The van der Waals surface area contributed by atoms with Crippen molar-refractivity contribution in [1.29, 1.82) is 0 Å². The first-order chi connectivity index (χ1) is 25.9. The van der Waals surface area contributed by atoms with Gasteiger partial charge >= 0.3 is 71.1 Å². The number of anilines is 8. The van der Waals surface area contributed by atoms with Gasteiger partial charge in [-0.15, -0.1) is 0 Å². The van der Waals surface area contributed by atoms with Crippen LogP contribution in [-0.2, 0) is 20.2 Å². The minimum Gasteiger partial charge on any atom is -0.744 e. The molecule has 0 radical (unpaired) electrons. The van der Waals surface area contributed by atoms with Crippen LogP contribution in [0.1, 0.15) is 11.1 Å². The molecule has 2 aromatic heterocycles. The van der Waals surface area contributed by atoms with Crippen molar-refractivity contribution in [3.63, 3.8) is 0 Å². The third-order valence-corrected chi connectivity index (χ3v) is 8.96. The maximum atomic E-state index is 12.4. The Morgan fingerprint density at radius 3 is 1.11 bits per heavy atom. The third kappa shape index (κ3) is 11.9. The molecule has 0 saturated heterocycles. The van der Waals surface area contributed by atoms with Gasteiger partial charge in [-0.25, -0.2) is 16.8 Å². The van der Waals surface area contributed by atoms with Gasteiger partial charge in [-0.05, 0) is 59.7 Å². The fourth-order valence-electron chi connectivity index (χ4n) is 4.79. The molecular weight excluding hydrogens is 787 g/mol. The second kappa shape index (κ2) is 19.4. The van der Waals surface area contributed by atoms with E-state index in [0.717, 1.165) is 12.1 Å². The Morgan fingerprint density at radius 2 is 0.804 bits per heavy atom. The fraction of sp³-hybridized carbons (Fsp3) is 0.0588. The summed E-state index contributed by atoms with van der Waals surface area (Å²) in [6.45, 7) is 0. The number of methoxy groups -OCH3 is 2. The van der Waals surface area contributed by atoms with Crippen molar-refractivity contribution < 1.29 is 94.5 Å². The number of hydrogen-bond acceptors (Lipinski definition) is 18. The van der Waals surface area contributed by atoms with E-state index in [9.17, 15) is 25.9 Å². The zero-order chi connectivity index (χ0) is 38.3. The predicted molar refractivity (Wildman–Crippen MR) is 197 cm³/mol. The van der Waals surface area contributed by atoms with Crippen LogP contribution in [0.4, 0.5) is 46.5 Å². The summed E-state index contributed by atoms with van der Waals surface area (Å²) in [4.78, 5) is 23.8. The van der Waals surface area contributed by atoms with Gasteiger partial charge < -0.3 is 39.8 Å². The monoisotopic (exact) mass is 814 g/mol. The Hall–Kier alpha value is -4.74. The van der Waals surface area contributed by atoms with E-state index in [2.05, 4.69) is 51.2 Å². The van der Waals surface area contributed by atoms with Crippen molar-refractivity contribution in [2.75, 3.05) is 35.5 Å². The van der Waals surface area contributed by atoms with Gasteiger partial charge in [0.2, 0.25) is 23.8 Å². The van der Waals surface area contributed by atoms with Gasteiger partial charge in [0.15, 0.2) is 0 Å². The van der Waals surface area contributed by atoms with Crippen molar-refractivity contribution in [3.05, 3.63) is 108 Å². The molecule has 6 rings (SSSR count). The molecule has 0 aliphatic carbocycles. The van der Waals surface area contributed by atoms with Crippen LogP contribution in [0, 0.1) is 0 Å². The number of rotatable bonds is 14. The molecule has 2 heterocycles. The first-order valence-corrected chi connectivity index (χ1v) is 18.3. The minimum atomic E-state index is -5.08. The summed E-state index contributed by atoms with van der Waals surface area (Å²) in [6.07, 6.45) is 2.38. The quantitative estimate of drug-likeness (QED) is 0.0586. The van der Waals surface area contributed by atoms with Gasteiger partial charge in [0.1, 0.15) is 20.2 Å². The van der Waals surface area contributed by atoms with E-state index in [1.807, 2.05) is 36.4 Å². The summed E-state index contributed by atoms with van der Waals surface area (Å²) in [5.74, 6) is 0.178. The van der Waals surface area contributed by atoms with Crippen molar-refractivity contribution in [3.8, 4) is 12.0 Å².